The van der Waals surface area contributed by atoms with E-state index in [4.69, 9.17) is 22.2 Å². The number of nitrogens with zero attached hydrogens (tertiary/aromatic N) is 4. The lowest BCUT2D eigenvalue weighted by molar-refractivity contribution is -0.113. The van der Waals surface area contributed by atoms with E-state index >= 15 is 0 Å². The lowest BCUT2D eigenvalue weighted by Crippen LogP contribution is -2.17. The minimum Gasteiger partial charge on any atom is -0.488 e. The van der Waals surface area contributed by atoms with Crippen molar-refractivity contribution >= 4 is 47.1 Å². The highest BCUT2D eigenvalue weighted by molar-refractivity contribution is 7.99. The molecular formula is C26H26ClN7O2S. The van der Waals surface area contributed by atoms with Gasteiger partial charge in [0.15, 0.2) is 0 Å². The van der Waals surface area contributed by atoms with Crippen molar-refractivity contribution in [3.8, 4) is 5.75 Å². The van der Waals surface area contributed by atoms with Gasteiger partial charge < -0.3 is 15.9 Å². The summed E-state index contributed by atoms with van der Waals surface area (Å²) in [5, 5.41) is 16.2. The number of amides is 1. The molecule has 1 amide bonds. The Kier molecular flexibility index (Phi) is 8.65. The number of ether oxygens (including phenoxy) is 1. The van der Waals surface area contributed by atoms with Crippen LogP contribution in [0.3, 0.4) is 0 Å². The first kappa shape index (κ1) is 26.1. The maximum Gasteiger partial charge on any atom is 0.264 e. The van der Waals surface area contributed by atoms with Gasteiger partial charge in [-0.15, -0.1) is 10.2 Å². The van der Waals surface area contributed by atoms with Crippen LogP contribution in [0.2, 0.25) is 5.02 Å². The van der Waals surface area contributed by atoms with Gasteiger partial charge in [-0.1, -0.05) is 65.3 Å². The van der Waals surface area contributed by atoms with Gasteiger partial charge in [0.05, 0.1) is 12.0 Å². The molecule has 0 radical (unpaired) electrons. The van der Waals surface area contributed by atoms with Gasteiger partial charge in [-0.05, 0) is 55.3 Å². The fraction of sp³-hybridized carbons (Fsp3) is 0.154. The van der Waals surface area contributed by atoms with Gasteiger partial charge in [0, 0.05) is 16.3 Å². The number of rotatable bonds is 10. The summed E-state index contributed by atoms with van der Waals surface area (Å²) in [4.78, 5) is 12.4. The van der Waals surface area contributed by atoms with E-state index in [9.17, 15) is 4.79 Å². The second-order valence-electron chi connectivity index (χ2n) is 8.15. The first-order valence-corrected chi connectivity index (χ1v) is 12.7. The van der Waals surface area contributed by atoms with E-state index in [1.165, 1.54) is 16.4 Å². The molecule has 9 nitrogen and oxygen atoms in total. The zero-order valence-electron chi connectivity index (χ0n) is 20.3. The van der Waals surface area contributed by atoms with Crippen molar-refractivity contribution in [2.45, 2.75) is 25.6 Å². The summed E-state index contributed by atoms with van der Waals surface area (Å²) in [6.07, 6.45) is 1.61. The Balaban J connectivity index is 1.31. The lowest BCUT2D eigenvalue weighted by Gasteiger charge is -2.09. The number of hydrogen-bond acceptors (Lipinski definition) is 8. The standard InChI is InChI=1S/C26H26ClN7O2S/c1-17-7-12-22(18(2)13-17)30-24(35)16-37-26-33-32-25(34(26)28)31-29-14-20-5-3-4-6-23(20)36-15-19-8-10-21(27)11-9-19/h3-14H,15-16,28H2,1-2H3,(H,30,35)(H,31,32)/b29-14+. The molecule has 0 aliphatic rings. The molecule has 0 bridgehead atoms. The average molecular weight is 536 g/mol. The van der Waals surface area contributed by atoms with Crippen LogP contribution in [0.25, 0.3) is 0 Å². The van der Waals surface area contributed by atoms with E-state index in [2.05, 4.69) is 26.0 Å². The van der Waals surface area contributed by atoms with Crippen molar-refractivity contribution < 1.29 is 9.53 Å². The highest BCUT2D eigenvalue weighted by Gasteiger charge is 2.13. The molecular weight excluding hydrogens is 510 g/mol. The molecule has 37 heavy (non-hydrogen) atoms. The summed E-state index contributed by atoms with van der Waals surface area (Å²) in [6, 6.07) is 20.9. The van der Waals surface area contributed by atoms with Gasteiger partial charge in [-0.3, -0.25) is 4.79 Å². The van der Waals surface area contributed by atoms with Gasteiger partial charge in [-0.2, -0.15) is 5.10 Å². The quantitative estimate of drug-likeness (QED) is 0.113. The van der Waals surface area contributed by atoms with E-state index in [0.29, 0.717) is 22.5 Å². The molecule has 11 heteroatoms. The largest absolute Gasteiger partial charge is 0.488 e. The Bertz CT molecular complexity index is 1410. The Morgan fingerprint density at radius 3 is 2.70 bits per heavy atom. The van der Waals surface area contributed by atoms with Crippen molar-refractivity contribution in [2.75, 3.05) is 22.3 Å². The molecule has 0 spiro atoms. The number of nitrogens with two attached hydrogens (primary N) is 1. The SMILES string of the molecule is Cc1ccc(NC(=O)CSc2nnc(N/N=C/c3ccccc3OCc3ccc(Cl)cc3)n2N)c(C)c1. The lowest BCUT2D eigenvalue weighted by atomic mass is 10.1. The topological polar surface area (TPSA) is 119 Å². The number of carbonyl (C=O) groups excluding carboxylic acids is 1. The van der Waals surface area contributed by atoms with E-state index in [0.717, 1.165) is 27.9 Å². The molecule has 190 valence electrons. The molecule has 1 heterocycles. The fourth-order valence-corrected chi connectivity index (χ4v) is 4.12. The zero-order valence-corrected chi connectivity index (χ0v) is 21.9. The van der Waals surface area contributed by atoms with Gasteiger partial charge in [-0.25, -0.2) is 10.1 Å². The van der Waals surface area contributed by atoms with Crippen molar-refractivity contribution in [1.82, 2.24) is 14.9 Å². The number of para-hydroxylation sites is 1. The Hall–Kier alpha value is -4.02. The molecule has 4 rings (SSSR count). The van der Waals surface area contributed by atoms with Crippen LogP contribution in [0.5, 0.6) is 5.75 Å². The molecule has 0 unspecified atom stereocenters. The molecule has 0 fully saturated rings. The van der Waals surface area contributed by atoms with E-state index in [1.807, 2.05) is 80.6 Å². The third-order valence-corrected chi connectivity index (χ3v) is 6.44. The average Bonchev–Trinajstić information content (AvgIpc) is 3.24. The number of carbonyl (C=O) groups is 1. The highest BCUT2D eigenvalue weighted by atomic mass is 35.5. The number of anilines is 2. The third kappa shape index (κ3) is 7.25. The van der Waals surface area contributed by atoms with Gasteiger partial charge >= 0.3 is 0 Å². The zero-order chi connectivity index (χ0) is 26.2. The van der Waals surface area contributed by atoms with Gasteiger partial charge in [0.25, 0.3) is 5.95 Å². The van der Waals surface area contributed by atoms with Crippen LogP contribution in [0, 0.1) is 13.8 Å². The number of aromatic nitrogens is 3. The van der Waals surface area contributed by atoms with Gasteiger partial charge in [0.1, 0.15) is 12.4 Å². The van der Waals surface area contributed by atoms with Gasteiger partial charge in [0.2, 0.25) is 11.1 Å². The molecule has 0 atom stereocenters. The monoisotopic (exact) mass is 535 g/mol. The van der Waals surface area contributed by atoms with Crippen LogP contribution in [-0.4, -0.2) is 32.7 Å². The van der Waals surface area contributed by atoms with Crippen LogP contribution in [0.4, 0.5) is 11.6 Å². The Labute approximate surface area is 224 Å². The molecule has 0 saturated heterocycles. The third-order valence-electron chi connectivity index (χ3n) is 5.25. The van der Waals surface area contributed by atoms with Crippen molar-refractivity contribution in [2.24, 2.45) is 5.10 Å². The van der Waals surface area contributed by atoms with E-state index in [-0.39, 0.29) is 17.6 Å². The van der Waals surface area contributed by atoms with Crippen LogP contribution in [0.15, 0.2) is 77.0 Å². The number of benzene rings is 3. The smallest absolute Gasteiger partial charge is 0.264 e. The van der Waals surface area contributed by atoms with Crippen LogP contribution >= 0.6 is 23.4 Å². The molecule has 0 aliphatic heterocycles. The number of aryl methyl sites for hydroxylation is 2. The Morgan fingerprint density at radius 1 is 1.14 bits per heavy atom. The maximum absolute atomic E-state index is 12.4. The summed E-state index contributed by atoms with van der Waals surface area (Å²) in [6.45, 7) is 4.35. The number of hydrazone groups is 1. The maximum atomic E-state index is 12.4. The molecule has 3 aromatic carbocycles. The number of nitrogen functional groups attached to an aromatic ring is 1. The molecule has 4 aromatic rings. The van der Waals surface area contributed by atoms with Crippen LogP contribution < -0.4 is 21.3 Å². The molecule has 1 aromatic heterocycles. The van der Waals surface area contributed by atoms with Crippen molar-refractivity contribution in [3.63, 3.8) is 0 Å². The molecule has 0 aliphatic carbocycles. The first-order valence-electron chi connectivity index (χ1n) is 11.3. The first-order chi connectivity index (χ1) is 17.9. The summed E-state index contributed by atoms with van der Waals surface area (Å²) >= 11 is 7.11. The number of thioether (sulfide) groups is 1. The minimum atomic E-state index is -0.164. The fourth-order valence-electron chi connectivity index (χ4n) is 3.34. The minimum absolute atomic E-state index is 0.129. The predicted molar refractivity (Wildman–Crippen MR) is 149 cm³/mol. The second-order valence-corrected chi connectivity index (χ2v) is 9.53. The van der Waals surface area contributed by atoms with Crippen molar-refractivity contribution in [1.29, 1.82) is 0 Å². The number of nitrogens with one attached hydrogen (secondary N) is 2. The summed E-state index contributed by atoms with van der Waals surface area (Å²) in [5.74, 6) is 6.95. The van der Waals surface area contributed by atoms with E-state index < -0.39 is 0 Å². The summed E-state index contributed by atoms with van der Waals surface area (Å²) < 4.78 is 7.19. The van der Waals surface area contributed by atoms with Crippen molar-refractivity contribution in [3.05, 3.63) is 94.0 Å². The summed E-state index contributed by atoms with van der Waals surface area (Å²) in [5.41, 5.74) is 7.46. The Morgan fingerprint density at radius 2 is 1.92 bits per heavy atom. The second kappa shape index (κ2) is 12.3. The van der Waals surface area contributed by atoms with Crippen LogP contribution in [-0.2, 0) is 11.4 Å². The predicted octanol–water partition coefficient (Wildman–Crippen LogP) is 5.02. The summed E-state index contributed by atoms with van der Waals surface area (Å²) in [7, 11) is 0. The highest BCUT2D eigenvalue weighted by Crippen LogP contribution is 2.21. The molecule has 0 saturated carbocycles. The number of halogens is 1. The molecule has 4 N–H and O–H groups in total. The van der Waals surface area contributed by atoms with E-state index in [1.54, 1.807) is 6.21 Å². The number of hydrogen-bond donors (Lipinski definition) is 3. The van der Waals surface area contributed by atoms with Crippen LogP contribution in [0.1, 0.15) is 22.3 Å². The normalized spacial score (nSPS) is 11.0.